The third kappa shape index (κ3) is 1.11. The molecule has 2 aliphatic rings. The standard InChI is InChI=1S/C11H17NO/c1-7(2)10-8(3)11(13)9-5-4-6-12(9)10/h7,9H,4-6H2,1-3H3/t9-/m0/s1. The molecule has 1 saturated heterocycles. The van der Waals surface area contributed by atoms with Crippen molar-refractivity contribution >= 4 is 5.78 Å². The van der Waals surface area contributed by atoms with Crippen LogP contribution in [0.15, 0.2) is 11.3 Å². The average Bonchev–Trinajstić information content (AvgIpc) is 2.57. The van der Waals surface area contributed by atoms with Gasteiger partial charge in [-0.2, -0.15) is 0 Å². The van der Waals surface area contributed by atoms with Crippen LogP contribution < -0.4 is 0 Å². The maximum atomic E-state index is 11.8. The van der Waals surface area contributed by atoms with E-state index >= 15 is 0 Å². The Labute approximate surface area is 79.6 Å². The van der Waals surface area contributed by atoms with Crippen LogP contribution in [0.5, 0.6) is 0 Å². The van der Waals surface area contributed by atoms with Crippen LogP contribution in [0.2, 0.25) is 0 Å². The van der Waals surface area contributed by atoms with E-state index in [1.165, 1.54) is 12.1 Å². The van der Waals surface area contributed by atoms with Gasteiger partial charge in [-0.05, 0) is 25.7 Å². The van der Waals surface area contributed by atoms with Gasteiger partial charge in [-0.1, -0.05) is 13.8 Å². The number of ketones is 1. The lowest BCUT2D eigenvalue weighted by Crippen LogP contribution is -2.29. The molecule has 2 heteroatoms. The summed E-state index contributed by atoms with van der Waals surface area (Å²) in [6.07, 6.45) is 2.24. The summed E-state index contributed by atoms with van der Waals surface area (Å²) in [5.41, 5.74) is 2.31. The minimum absolute atomic E-state index is 0.206. The highest BCUT2D eigenvalue weighted by Gasteiger charge is 2.40. The summed E-state index contributed by atoms with van der Waals surface area (Å²) in [6, 6.07) is 0.206. The van der Waals surface area contributed by atoms with E-state index in [9.17, 15) is 4.79 Å². The highest BCUT2D eigenvalue weighted by atomic mass is 16.1. The molecule has 0 saturated carbocycles. The Kier molecular flexibility index (Phi) is 1.94. The van der Waals surface area contributed by atoms with Crippen molar-refractivity contribution in [1.29, 1.82) is 0 Å². The molecule has 0 unspecified atom stereocenters. The van der Waals surface area contributed by atoms with E-state index in [-0.39, 0.29) is 6.04 Å². The molecular weight excluding hydrogens is 162 g/mol. The first-order chi connectivity index (χ1) is 6.13. The van der Waals surface area contributed by atoms with E-state index < -0.39 is 0 Å². The fourth-order valence-electron chi connectivity index (χ4n) is 2.68. The number of fused-ring (bicyclic) bond motifs is 1. The molecule has 0 radical (unpaired) electrons. The van der Waals surface area contributed by atoms with Gasteiger partial charge >= 0.3 is 0 Å². The molecule has 1 atom stereocenters. The molecule has 2 nitrogen and oxygen atoms in total. The fourth-order valence-corrected chi connectivity index (χ4v) is 2.68. The van der Waals surface area contributed by atoms with E-state index in [1.54, 1.807) is 0 Å². The van der Waals surface area contributed by atoms with Crippen LogP contribution in [0.3, 0.4) is 0 Å². The second-order valence-corrected chi connectivity index (χ2v) is 4.38. The molecule has 0 spiro atoms. The molecular formula is C11H17NO. The Bertz CT molecular complexity index is 278. The molecule has 13 heavy (non-hydrogen) atoms. The summed E-state index contributed by atoms with van der Waals surface area (Å²) in [6.45, 7) is 7.41. The smallest absolute Gasteiger partial charge is 0.182 e. The Morgan fingerprint density at radius 1 is 1.46 bits per heavy atom. The van der Waals surface area contributed by atoms with Gasteiger partial charge in [0, 0.05) is 17.8 Å². The van der Waals surface area contributed by atoms with E-state index in [1.807, 2.05) is 6.92 Å². The van der Waals surface area contributed by atoms with Crippen molar-refractivity contribution in [2.45, 2.75) is 39.7 Å². The summed E-state index contributed by atoms with van der Waals surface area (Å²) in [5, 5.41) is 0. The van der Waals surface area contributed by atoms with Gasteiger partial charge in [-0.25, -0.2) is 0 Å². The number of carbonyl (C=O) groups is 1. The fraction of sp³-hybridized carbons (Fsp3) is 0.727. The Balaban J connectivity index is 2.37. The van der Waals surface area contributed by atoms with E-state index in [2.05, 4.69) is 18.7 Å². The van der Waals surface area contributed by atoms with E-state index in [0.29, 0.717) is 11.7 Å². The minimum Gasteiger partial charge on any atom is -0.364 e. The van der Waals surface area contributed by atoms with Gasteiger partial charge in [0.15, 0.2) is 5.78 Å². The number of hydrogen-bond donors (Lipinski definition) is 0. The van der Waals surface area contributed by atoms with Gasteiger partial charge < -0.3 is 4.90 Å². The maximum absolute atomic E-state index is 11.8. The SMILES string of the molecule is CC1=C(C(C)C)N2CCC[C@H]2C1=O. The second kappa shape index (κ2) is 2.86. The summed E-state index contributed by atoms with van der Waals surface area (Å²) in [5.74, 6) is 0.869. The Hall–Kier alpha value is -0.790. The third-order valence-corrected chi connectivity index (χ3v) is 3.17. The largest absolute Gasteiger partial charge is 0.364 e. The van der Waals surface area contributed by atoms with Crippen LogP contribution in [-0.4, -0.2) is 23.3 Å². The molecule has 0 N–H and O–H groups in total. The lowest BCUT2D eigenvalue weighted by Gasteiger charge is -2.23. The number of rotatable bonds is 1. The Morgan fingerprint density at radius 2 is 2.15 bits per heavy atom. The predicted octanol–water partition coefficient (Wildman–Crippen LogP) is 1.96. The van der Waals surface area contributed by atoms with Crippen LogP contribution in [0.1, 0.15) is 33.6 Å². The quantitative estimate of drug-likeness (QED) is 0.613. The monoisotopic (exact) mass is 179 g/mol. The van der Waals surface area contributed by atoms with Crippen LogP contribution in [-0.2, 0) is 4.79 Å². The molecule has 0 bridgehead atoms. The second-order valence-electron chi connectivity index (χ2n) is 4.38. The summed E-state index contributed by atoms with van der Waals surface area (Å²) < 4.78 is 0. The molecule has 2 aliphatic heterocycles. The number of nitrogens with zero attached hydrogens (tertiary/aromatic N) is 1. The van der Waals surface area contributed by atoms with Crippen LogP contribution in [0.4, 0.5) is 0 Å². The highest BCUT2D eigenvalue weighted by Crippen LogP contribution is 2.36. The van der Waals surface area contributed by atoms with Gasteiger partial charge in [-0.3, -0.25) is 4.79 Å². The first-order valence-electron chi connectivity index (χ1n) is 5.14. The van der Waals surface area contributed by atoms with Crippen molar-refractivity contribution in [3.8, 4) is 0 Å². The molecule has 0 aromatic heterocycles. The van der Waals surface area contributed by atoms with Crippen LogP contribution in [0.25, 0.3) is 0 Å². The molecule has 2 rings (SSSR count). The molecule has 0 amide bonds. The third-order valence-electron chi connectivity index (χ3n) is 3.17. The van der Waals surface area contributed by atoms with Crippen molar-refractivity contribution in [1.82, 2.24) is 4.90 Å². The van der Waals surface area contributed by atoms with Gasteiger partial charge in [-0.15, -0.1) is 0 Å². The summed E-state index contributed by atoms with van der Waals surface area (Å²) in [4.78, 5) is 14.1. The Morgan fingerprint density at radius 3 is 2.77 bits per heavy atom. The summed E-state index contributed by atoms with van der Waals surface area (Å²) in [7, 11) is 0. The zero-order valence-electron chi connectivity index (χ0n) is 8.63. The van der Waals surface area contributed by atoms with Gasteiger partial charge in [0.05, 0.1) is 6.04 Å². The molecule has 2 heterocycles. The number of carbonyl (C=O) groups excluding carboxylic acids is 1. The molecule has 0 aliphatic carbocycles. The van der Waals surface area contributed by atoms with Crippen molar-refractivity contribution in [2.24, 2.45) is 5.92 Å². The first-order valence-corrected chi connectivity index (χ1v) is 5.14. The van der Waals surface area contributed by atoms with Gasteiger partial charge in [0.25, 0.3) is 0 Å². The van der Waals surface area contributed by atoms with Gasteiger partial charge in [0.1, 0.15) is 0 Å². The molecule has 72 valence electrons. The van der Waals surface area contributed by atoms with Crippen molar-refractivity contribution in [3.05, 3.63) is 11.3 Å². The lowest BCUT2D eigenvalue weighted by molar-refractivity contribution is -0.117. The normalized spacial score (nSPS) is 27.8. The van der Waals surface area contributed by atoms with Gasteiger partial charge in [0.2, 0.25) is 0 Å². The zero-order valence-corrected chi connectivity index (χ0v) is 8.63. The highest BCUT2D eigenvalue weighted by molar-refractivity contribution is 6.02. The first kappa shape index (κ1) is 8.79. The molecule has 0 aromatic rings. The van der Waals surface area contributed by atoms with Crippen molar-refractivity contribution < 1.29 is 4.79 Å². The molecule has 1 fully saturated rings. The number of allylic oxidation sites excluding steroid dienone is 1. The minimum atomic E-state index is 0.206. The number of hydrogen-bond acceptors (Lipinski definition) is 2. The van der Waals surface area contributed by atoms with Crippen molar-refractivity contribution in [2.75, 3.05) is 6.54 Å². The average molecular weight is 179 g/mol. The lowest BCUT2D eigenvalue weighted by atomic mass is 10.0. The van der Waals surface area contributed by atoms with Crippen LogP contribution in [0, 0.1) is 5.92 Å². The number of Topliss-reactive ketones (excluding diaryl/α,β-unsaturated/α-hetero) is 1. The van der Waals surface area contributed by atoms with Crippen molar-refractivity contribution in [3.63, 3.8) is 0 Å². The summed E-state index contributed by atoms with van der Waals surface area (Å²) >= 11 is 0. The van der Waals surface area contributed by atoms with Crippen LogP contribution >= 0.6 is 0 Å². The predicted molar refractivity (Wildman–Crippen MR) is 52.3 cm³/mol. The topological polar surface area (TPSA) is 20.3 Å². The van der Waals surface area contributed by atoms with E-state index in [0.717, 1.165) is 18.5 Å². The maximum Gasteiger partial charge on any atom is 0.182 e. The van der Waals surface area contributed by atoms with E-state index in [4.69, 9.17) is 0 Å². The zero-order chi connectivity index (χ0) is 9.59. The molecule has 0 aromatic carbocycles.